The molecule has 22 heavy (non-hydrogen) atoms. The van der Waals surface area contributed by atoms with Crippen LogP contribution in [0.2, 0.25) is 0 Å². The Kier molecular flexibility index (Phi) is 5.25. The van der Waals surface area contributed by atoms with Crippen molar-refractivity contribution in [2.75, 3.05) is 13.7 Å². The molecule has 0 aliphatic rings. The quantitative estimate of drug-likeness (QED) is 0.447. The zero-order valence-corrected chi connectivity index (χ0v) is 12.3. The summed E-state index contributed by atoms with van der Waals surface area (Å²) in [5, 5.41) is 10.9. The minimum atomic E-state index is -0.450. The number of Topliss-reactive ketones (excluding diaryl/α,β-unsaturated/α-hetero) is 1. The molecule has 5 heteroatoms. The summed E-state index contributed by atoms with van der Waals surface area (Å²) in [6.07, 6.45) is 0.108. The van der Waals surface area contributed by atoms with E-state index in [-0.39, 0.29) is 23.7 Å². The number of nitrogens with zero attached hydrogens (tertiary/aromatic N) is 1. The minimum Gasteiger partial charge on any atom is -0.497 e. The van der Waals surface area contributed by atoms with Crippen molar-refractivity contribution in [3.8, 4) is 5.75 Å². The fraction of sp³-hybridized carbons (Fsp3) is 0.235. The van der Waals surface area contributed by atoms with Crippen LogP contribution in [0.15, 0.2) is 54.6 Å². The van der Waals surface area contributed by atoms with Crippen molar-refractivity contribution >= 4 is 5.78 Å². The molecule has 1 atom stereocenters. The summed E-state index contributed by atoms with van der Waals surface area (Å²) in [5.74, 6) is 0.134. The Morgan fingerprint density at radius 1 is 1.14 bits per heavy atom. The standard InChI is InChI=1S/C17H17NO4/c1-22-16-9-7-13(8-10-16)15(12-18(20)21)11-17(19)14-5-3-2-4-6-14/h2-10,15H,11-12H2,1H3/t15-/m1/s1. The molecule has 5 nitrogen and oxygen atoms in total. The van der Waals surface area contributed by atoms with Crippen LogP contribution in [-0.4, -0.2) is 24.4 Å². The number of rotatable bonds is 7. The van der Waals surface area contributed by atoms with Crippen LogP contribution < -0.4 is 4.74 Å². The lowest BCUT2D eigenvalue weighted by molar-refractivity contribution is -0.483. The third kappa shape index (κ3) is 4.15. The van der Waals surface area contributed by atoms with Gasteiger partial charge in [0, 0.05) is 16.9 Å². The van der Waals surface area contributed by atoms with E-state index in [4.69, 9.17) is 4.74 Å². The monoisotopic (exact) mass is 299 g/mol. The Morgan fingerprint density at radius 3 is 2.32 bits per heavy atom. The Morgan fingerprint density at radius 2 is 1.77 bits per heavy atom. The van der Waals surface area contributed by atoms with Gasteiger partial charge in [0.25, 0.3) is 0 Å². The summed E-state index contributed by atoms with van der Waals surface area (Å²) in [6.45, 7) is -0.273. The topological polar surface area (TPSA) is 69.4 Å². The Balaban J connectivity index is 2.18. The van der Waals surface area contributed by atoms with Crippen molar-refractivity contribution in [1.29, 1.82) is 0 Å². The molecule has 2 aromatic rings. The van der Waals surface area contributed by atoms with E-state index in [0.717, 1.165) is 5.56 Å². The van der Waals surface area contributed by atoms with Crippen molar-refractivity contribution in [2.24, 2.45) is 0 Å². The van der Waals surface area contributed by atoms with Gasteiger partial charge in [0.05, 0.1) is 13.0 Å². The predicted octanol–water partition coefficient (Wildman–Crippen LogP) is 3.33. The van der Waals surface area contributed by atoms with Gasteiger partial charge >= 0.3 is 0 Å². The first kappa shape index (κ1) is 15.7. The maximum Gasteiger partial charge on any atom is 0.211 e. The summed E-state index contributed by atoms with van der Waals surface area (Å²) in [6, 6.07) is 15.9. The lowest BCUT2D eigenvalue weighted by Gasteiger charge is -2.13. The number of ketones is 1. The smallest absolute Gasteiger partial charge is 0.211 e. The molecule has 2 rings (SSSR count). The second kappa shape index (κ2) is 7.36. The van der Waals surface area contributed by atoms with Gasteiger partial charge in [-0.2, -0.15) is 0 Å². The second-order valence-corrected chi connectivity index (χ2v) is 4.98. The average Bonchev–Trinajstić information content (AvgIpc) is 2.54. The molecular formula is C17H17NO4. The summed E-state index contributed by atoms with van der Waals surface area (Å²) < 4.78 is 5.08. The lowest BCUT2D eigenvalue weighted by atomic mass is 9.91. The van der Waals surface area contributed by atoms with E-state index in [1.807, 2.05) is 6.07 Å². The number of nitro groups is 1. The number of carbonyl (C=O) groups excluding carboxylic acids is 1. The third-order valence-corrected chi connectivity index (χ3v) is 3.48. The van der Waals surface area contributed by atoms with Crippen LogP contribution in [0.25, 0.3) is 0 Å². The average molecular weight is 299 g/mol. The summed E-state index contributed by atoms with van der Waals surface area (Å²) in [7, 11) is 1.56. The molecule has 0 fully saturated rings. The Bertz CT molecular complexity index is 637. The van der Waals surface area contributed by atoms with Crippen LogP contribution >= 0.6 is 0 Å². The molecule has 0 amide bonds. The Labute approximate surface area is 128 Å². The number of hydrogen-bond acceptors (Lipinski definition) is 4. The molecular weight excluding hydrogens is 282 g/mol. The van der Waals surface area contributed by atoms with Crippen molar-refractivity contribution in [3.05, 3.63) is 75.8 Å². The molecule has 0 saturated heterocycles. The van der Waals surface area contributed by atoms with E-state index in [1.165, 1.54) is 0 Å². The highest BCUT2D eigenvalue weighted by atomic mass is 16.6. The molecule has 2 aromatic carbocycles. The van der Waals surface area contributed by atoms with Crippen LogP contribution in [0, 0.1) is 10.1 Å². The van der Waals surface area contributed by atoms with Gasteiger partial charge in [-0.15, -0.1) is 0 Å². The number of hydrogen-bond donors (Lipinski definition) is 0. The highest BCUT2D eigenvalue weighted by molar-refractivity contribution is 5.96. The van der Waals surface area contributed by atoms with Crippen LogP contribution in [-0.2, 0) is 0 Å². The van der Waals surface area contributed by atoms with Gasteiger partial charge < -0.3 is 4.74 Å². The maximum atomic E-state index is 12.3. The van der Waals surface area contributed by atoms with Crippen LogP contribution in [0.1, 0.15) is 28.3 Å². The van der Waals surface area contributed by atoms with Crippen molar-refractivity contribution < 1.29 is 14.5 Å². The van der Waals surface area contributed by atoms with Crippen molar-refractivity contribution in [2.45, 2.75) is 12.3 Å². The van der Waals surface area contributed by atoms with Gasteiger partial charge in [0.1, 0.15) is 5.75 Å². The van der Waals surface area contributed by atoms with Gasteiger partial charge in [0.2, 0.25) is 6.54 Å². The minimum absolute atomic E-state index is 0.0942. The normalized spacial score (nSPS) is 11.7. The second-order valence-electron chi connectivity index (χ2n) is 4.98. The molecule has 0 aliphatic heterocycles. The van der Waals surface area contributed by atoms with Gasteiger partial charge in [-0.05, 0) is 17.7 Å². The number of benzene rings is 2. The van der Waals surface area contributed by atoms with E-state index in [9.17, 15) is 14.9 Å². The van der Waals surface area contributed by atoms with Crippen LogP contribution in [0.4, 0.5) is 0 Å². The molecule has 0 radical (unpaired) electrons. The molecule has 0 saturated carbocycles. The fourth-order valence-electron chi connectivity index (χ4n) is 2.31. The Hall–Kier alpha value is -2.69. The first-order valence-electron chi connectivity index (χ1n) is 6.94. The van der Waals surface area contributed by atoms with Crippen molar-refractivity contribution in [1.82, 2.24) is 0 Å². The molecule has 0 spiro atoms. The summed E-state index contributed by atoms with van der Waals surface area (Å²) in [5.41, 5.74) is 1.34. The van der Waals surface area contributed by atoms with E-state index in [2.05, 4.69) is 0 Å². The van der Waals surface area contributed by atoms with Gasteiger partial charge in [0.15, 0.2) is 5.78 Å². The van der Waals surface area contributed by atoms with Crippen molar-refractivity contribution in [3.63, 3.8) is 0 Å². The maximum absolute atomic E-state index is 12.3. The number of ether oxygens (including phenoxy) is 1. The molecule has 0 aliphatic carbocycles. The molecule has 114 valence electrons. The first-order chi connectivity index (χ1) is 10.6. The fourth-order valence-corrected chi connectivity index (χ4v) is 2.31. The molecule has 0 heterocycles. The highest BCUT2D eigenvalue weighted by Gasteiger charge is 2.22. The van der Waals surface area contributed by atoms with E-state index in [1.54, 1.807) is 55.6 Å². The zero-order chi connectivity index (χ0) is 15.9. The lowest BCUT2D eigenvalue weighted by Crippen LogP contribution is -2.16. The molecule has 0 bridgehead atoms. The van der Waals surface area contributed by atoms with Gasteiger partial charge in [-0.3, -0.25) is 14.9 Å². The van der Waals surface area contributed by atoms with Crippen LogP contribution in [0.5, 0.6) is 5.75 Å². The van der Waals surface area contributed by atoms with Crippen LogP contribution in [0.3, 0.4) is 0 Å². The zero-order valence-electron chi connectivity index (χ0n) is 12.3. The van der Waals surface area contributed by atoms with Gasteiger partial charge in [-0.25, -0.2) is 0 Å². The molecule has 0 N–H and O–H groups in total. The molecule has 0 aromatic heterocycles. The molecule has 0 unspecified atom stereocenters. The SMILES string of the molecule is COc1ccc([C@H](CC(=O)c2ccccc2)C[N+](=O)[O-])cc1. The van der Waals surface area contributed by atoms with Gasteiger partial charge in [-0.1, -0.05) is 42.5 Å². The number of carbonyl (C=O) groups is 1. The predicted molar refractivity (Wildman–Crippen MR) is 83.0 cm³/mol. The van der Waals surface area contributed by atoms with E-state index in [0.29, 0.717) is 11.3 Å². The van der Waals surface area contributed by atoms with E-state index >= 15 is 0 Å². The third-order valence-electron chi connectivity index (χ3n) is 3.48. The number of methoxy groups -OCH3 is 1. The summed E-state index contributed by atoms with van der Waals surface area (Å²) >= 11 is 0. The largest absolute Gasteiger partial charge is 0.497 e. The summed E-state index contributed by atoms with van der Waals surface area (Å²) in [4.78, 5) is 22.8. The highest BCUT2D eigenvalue weighted by Crippen LogP contribution is 2.24. The first-order valence-corrected chi connectivity index (χ1v) is 6.94. The van der Waals surface area contributed by atoms with E-state index < -0.39 is 5.92 Å².